The summed E-state index contributed by atoms with van der Waals surface area (Å²) in [6.07, 6.45) is 0. The summed E-state index contributed by atoms with van der Waals surface area (Å²) in [5.74, 6) is 0.184. The molecule has 0 radical (unpaired) electrons. The first-order chi connectivity index (χ1) is 17.2. The summed E-state index contributed by atoms with van der Waals surface area (Å²) >= 11 is 0. The van der Waals surface area contributed by atoms with Crippen molar-refractivity contribution in [1.82, 2.24) is 5.32 Å². The minimum Gasteiger partial charge on any atom is -0.485 e. The fourth-order valence-electron chi connectivity index (χ4n) is 4.23. The Morgan fingerprint density at radius 3 is 2.50 bits per heavy atom. The van der Waals surface area contributed by atoms with Gasteiger partial charge in [-0.15, -0.1) is 0 Å². The topological polar surface area (TPSA) is 84.9 Å². The minimum absolute atomic E-state index is 0.151. The number of carbonyl (C=O) groups is 3. The van der Waals surface area contributed by atoms with E-state index in [0.29, 0.717) is 22.7 Å². The number of hydrogen-bond acceptors (Lipinski definition) is 5. The van der Waals surface area contributed by atoms with Crippen LogP contribution in [0.15, 0.2) is 66.7 Å². The van der Waals surface area contributed by atoms with Gasteiger partial charge in [0.25, 0.3) is 5.91 Å². The van der Waals surface area contributed by atoms with E-state index in [9.17, 15) is 14.4 Å². The number of nitrogens with zero attached hydrogens (tertiary/aromatic N) is 1. The summed E-state index contributed by atoms with van der Waals surface area (Å²) < 4.78 is 11.3. The summed E-state index contributed by atoms with van der Waals surface area (Å²) in [5, 5.41) is 2.97. The summed E-state index contributed by atoms with van der Waals surface area (Å²) in [7, 11) is 0. The molecule has 186 valence electrons. The molecule has 1 N–H and O–H groups in total. The Hall–Kier alpha value is -4.13. The first kappa shape index (κ1) is 25.0. The molecule has 7 heteroatoms. The summed E-state index contributed by atoms with van der Waals surface area (Å²) in [5.41, 5.74) is 3.78. The summed E-state index contributed by atoms with van der Waals surface area (Å²) in [6, 6.07) is 19.2. The van der Waals surface area contributed by atoms with Crippen molar-refractivity contribution in [2.45, 2.75) is 39.8 Å². The zero-order valence-corrected chi connectivity index (χ0v) is 20.9. The number of fused-ring (bicyclic) bond motifs is 1. The average molecular weight is 487 g/mol. The predicted molar refractivity (Wildman–Crippen MR) is 138 cm³/mol. The van der Waals surface area contributed by atoms with Crippen LogP contribution in [-0.2, 0) is 9.59 Å². The van der Waals surface area contributed by atoms with Gasteiger partial charge in [0, 0.05) is 5.56 Å². The molecule has 0 unspecified atom stereocenters. The lowest BCUT2D eigenvalue weighted by Gasteiger charge is -2.34. The number of benzene rings is 3. The van der Waals surface area contributed by atoms with Crippen molar-refractivity contribution in [2.75, 3.05) is 18.1 Å². The highest BCUT2D eigenvalue weighted by molar-refractivity contribution is 6.06. The molecule has 1 aliphatic heterocycles. The standard InChI is InChI=1S/C29H30N2O5/c1-18-10-12-26(19(2)14-18)35-16-25(32)23-11-13-27-24(15-23)31(28(33)17-36-27)21(4)29(34)30-20(3)22-8-6-5-7-9-22/h5-15,20-21H,16-17H2,1-4H3,(H,30,34)/t20-,21+/m1/s1. The van der Waals surface area contributed by atoms with Crippen molar-refractivity contribution in [3.63, 3.8) is 0 Å². The van der Waals surface area contributed by atoms with Crippen molar-refractivity contribution < 1.29 is 23.9 Å². The fourth-order valence-corrected chi connectivity index (χ4v) is 4.23. The van der Waals surface area contributed by atoms with E-state index in [0.717, 1.165) is 16.7 Å². The number of nitrogens with one attached hydrogen (secondary N) is 1. The molecule has 3 aromatic carbocycles. The minimum atomic E-state index is -0.803. The van der Waals surface area contributed by atoms with Crippen molar-refractivity contribution in [3.05, 3.63) is 89.0 Å². The van der Waals surface area contributed by atoms with E-state index in [1.165, 1.54) is 4.90 Å². The average Bonchev–Trinajstić information content (AvgIpc) is 2.87. The molecule has 0 saturated heterocycles. The van der Waals surface area contributed by atoms with Crippen LogP contribution in [0.25, 0.3) is 0 Å². The quantitative estimate of drug-likeness (QED) is 0.472. The third-order valence-corrected chi connectivity index (χ3v) is 6.27. The Kier molecular flexibility index (Phi) is 7.38. The second-order valence-corrected chi connectivity index (χ2v) is 9.03. The van der Waals surface area contributed by atoms with E-state index in [4.69, 9.17) is 9.47 Å². The zero-order chi connectivity index (χ0) is 25.8. The van der Waals surface area contributed by atoms with Gasteiger partial charge in [0.05, 0.1) is 11.7 Å². The van der Waals surface area contributed by atoms with Crippen molar-refractivity contribution in [1.29, 1.82) is 0 Å². The number of ether oxygens (including phenoxy) is 2. The zero-order valence-electron chi connectivity index (χ0n) is 20.9. The van der Waals surface area contributed by atoms with E-state index in [1.807, 2.05) is 69.3 Å². The second kappa shape index (κ2) is 10.6. The molecule has 0 fully saturated rings. The fraction of sp³-hybridized carbons (Fsp3) is 0.276. The number of aryl methyl sites for hydroxylation is 2. The van der Waals surface area contributed by atoms with Crippen LogP contribution in [0.3, 0.4) is 0 Å². The molecule has 1 heterocycles. The van der Waals surface area contributed by atoms with E-state index in [-0.39, 0.29) is 36.9 Å². The van der Waals surface area contributed by atoms with Gasteiger partial charge in [-0.25, -0.2) is 0 Å². The molecule has 0 spiro atoms. The predicted octanol–water partition coefficient (Wildman–Crippen LogP) is 4.56. The van der Waals surface area contributed by atoms with Gasteiger partial charge in [0.2, 0.25) is 5.91 Å². The van der Waals surface area contributed by atoms with Crippen LogP contribution in [0.4, 0.5) is 5.69 Å². The van der Waals surface area contributed by atoms with Gasteiger partial charge >= 0.3 is 0 Å². The Morgan fingerprint density at radius 1 is 1.03 bits per heavy atom. The summed E-state index contributed by atoms with van der Waals surface area (Å²) in [6.45, 7) is 7.15. The molecular formula is C29H30N2O5. The maximum atomic E-state index is 13.1. The molecule has 0 aromatic heterocycles. The van der Waals surface area contributed by atoms with Gasteiger partial charge in [-0.05, 0) is 63.1 Å². The maximum Gasteiger partial charge on any atom is 0.265 e. The normalized spacial score (nSPS) is 14.3. The highest BCUT2D eigenvalue weighted by Crippen LogP contribution is 2.35. The number of ketones is 1. The van der Waals surface area contributed by atoms with Crippen LogP contribution in [0.1, 0.15) is 46.9 Å². The lowest BCUT2D eigenvalue weighted by Crippen LogP contribution is -2.51. The first-order valence-corrected chi connectivity index (χ1v) is 11.9. The molecule has 3 aromatic rings. The molecule has 4 rings (SSSR count). The third-order valence-electron chi connectivity index (χ3n) is 6.27. The van der Waals surface area contributed by atoms with Crippen LogP contribution in [0, 0.1) is 13.8 Å². The number of hydrogen-bond donors (Lipinski definition) is 1. The van der Waals surface area contributed by atoms with Crippen molar-refractivity contribution >= 4 is 23.3 Å². The maximum absolute atomic E-state index is 13.1. The van der Waals surface area contributed by atoms with Gasteiger partial charge in [-0.3, -0.25) is 19.3 Å². The Labute approximate surface area is 211 Å². The number of Topliss-reactive ketones (excluding diaryl/α,β-unsaturated/α-hetero) is 1. The number of anilines is 1. The van der Waals surface area contributed by atoms with Gasteiger partial charge in [-0.2, -0.15) is 0 Å². The smallest absolute Gasteiger partial charge is 0.265 e. The highest BCUT2D eigenvalue weighted by atomic mass is 16.5. The Balaban J connectivity index is 1.51. The molecular weight excluding hydrogens is 456 g/mol. The highest BCUT2D eigenvalue weighted by Gasteiger charge is 2.34. The molecule has 36 heavy (non-hydrogen) atoms. The van der Waals surface area contributed by atoms with E-state index >= 15 is 0 Å². The molecule has 1 aliphatic rings. The van der Waals surface area contributed by atoms with Crippen LogP contribution >= 0.6 is 0 Å². The number of amides is 2. The first-order valence-electron chi connectivity index (χ1n) is 11.9. The number of rotatable bonds is 8. The van der Waals surface area contributed by atoms with Crippen LogP contribution in [0.2, 0.25) is 0 Å². The lowest BCUT2D eigenvalue weighted by molar-refractivity contribution is -0.127. The van der Waals surface area contributed by atoms with Crippen LogP contribution in [0.5, 0.6) is 11.5 Å². The van der Waals surface area contributed by atoms with Crippen molar-refractivity contribution in [3.8, 4) is 11.5 Å². The van der Waals surface area contributed by atoms with Crippen molar-refractivity contribution in [2.24, 2.45) is 0 Å². The van der Waals surface area contributed by atoms with Crippen LogP contribution in [-0.4, -0.2) is 36.9 Å². The SMILES string of the molecule is Cc1ccc(OCC(=O)c2ccc3c(c2)N([C@@H](C)C(=O)N[C@H](C)c2ccccc2)C(=O)CO3)c(C)c1. The lowest BCUT2D eigenvalue weighted by atomic mass is 10.1. The van der Waals surface area contributed by atoms with E-state index in [1.54, 1.807) is 25.1 Å². The van der Waals surface area contributed by atoms with Gasteiger partial charge in [0.1, 0.15) is 17.5 Å². The van der Waals surface area contributed by atoms with E-state index in [2.05, 4.69) is 5.32 Å². The van der Waals surface area contributed by atoms with E-state index < -0.39 is 6.04 Å². The Morgan fingerprint density at radius 2 is 1.78 bits per heavy atom. The molecule has 0 saturated carbocycles. The molecule has 0 bridgehead atoms. The summed E-state index contributed by atoms with van der Waals surface area (Å²) in [4.78, 5) is 40.2. The molecule has 2 amide bonds. The third kappa shape index (κ3) is 5.40. The van der Waals surface area contributed by atoms with Gasteiger partial charge in [-0.1, -0.05) is 48.0 Å². The Bertz CT molecular complexity index is 1290. The van der Waals surface area contributed by atoms with Gasteiger partial charge < -0.3 is 14.8 Å². The van der Waals surface area contributed by atoms with Gasteiger partial charge in [0.15, 0.2) is 19.0 Å². The second-order valence-electron chi connectivity index (χ2n) is 9.03. The number of carbonyl (C=O) groups excluding carboxylic acids is 3. The molecule has 7 nitrogen and oxygen atoms in total. The molecule has 2 atom stereocenters. The monoisotopic (exact) mass is 486 g/mol. The largest absolute Gasteiger partial charge is 0.485 e. The van der Waals surface area contributed by atoms with Crippen LogP contribution < -0.4 is 19.7 Å². The molecule has 0 aliphatic carbocycles.